The van der Waals surface area contributed by atoms with Crippen molar-refractivity contribution >= 4 is 17.8 Å². The zero-order chi connectivity index (χ0) is 21.5. The average molecular weight is 410 g/mol. The van der Waals surface area contributed by atoms with Crippen molar-refractivity contribution in [1.82, 2.24) is 10.2 Å². The van der Waals surface area contributed by atoms with Gasteiger partial charge >= 0.3 is 5.97 Å². The number of amides is 2. The summed E-state index contributed by atoms with van der Waals surface area (Å²) in [6.45, 7) is 2.51. The summed E-state index contributed by atoms with van der Waals surface area (Å²) in [5.41, 5.74) is 1.35. The van der Waals surface area contributed by atoms with Gasteiger partial charge in [-0.1, -0.05) is 18.2 Å². The molecular weight excluding hydrogens is 384 g/mol. The highest BCUT2D eigenvalue weighted by Gasteiger charge is 2.24. The molecule has 0 spiro atoms. The van der Waals surface area contributed by atoms with Gasteiger partial charge in [-0.25, -0.2) is 0 Å². The Hall–Kier alpha value is -3.35. The minimum atomic E-state index is -0.432. The lowest BCUT2D eigenvalue weighted by Gasteiger charge is -2.32. The van der Waals surface area contributed by atoms with Crippen LogP contribution in [0.25, 0.3) is 0 Å². The van der Waals surface area contributed by atoms with Crippen LogP contribution in [0.4, 0.5) is 0 Å². The van der Waals surface area contributed by atoms with Crippen molar-refractivity contribution < 1.29 is 23.9 Å². The topological polar surface area (TPSA) is 84.9 Å². The van der Waals surface area contributed by atoms with Gasteiger partial charge in [0.1, 0.15) is 11.5 Å². The van der Waals surface area contributed by atoms with Crippen LogP contribution >= 0.6 is 0 Å². The first-order valence-corrected chi connectivity index (χ1v) is 9.94. The summed E-state index contributed by atoms with van der Waals surface area (Å²) < 4.78 is 10.2. The van der Waals surface area contributed by atoms with Gasteiger partial charge < -0.3 is 19.7 Å². The summed E-state index contributed by atoms with van der Waals surface area (Å²) in [5.74, 6) is 0.499. The van der Waals surface area contributed by atoms with E-state index in [1.807, 2.05) is 29.2 Å². The molecule has 1 aliphatic heterocycles. The minimum absolute atomic E-state index is 0.00393. The molecule has 7 nitrogen and oxygen atoms in total. The Morgan fingerprint density at radius 1 is 1.03 bits per heavy atom. The number of hydrogen-bond donors (Lipinski definition) is 1. The van der Waals surface area contributed by atoms with Crippen molar-refractivity contribution in [3.63, 3.8) is 0 Å². The summed E-state index contributed by atoms with van der Waals surface area (Å²) in [6.07, 6.45) is 1.72. The van der Waals surface area contributed by atoms with Crippen LogP contribution < -0.4 is 14.8 Å². The lowest BCUT2D eigenvalue weighted by molar-refractivity contribution is -0.132. The van der Waals surface area contributed by atoms with Crippen LogP contribution in [0, 0.1) is 0 Å². The van der Waals surface area contributed by atoms with Crippen LogP contribution in [0.5, 0.6) is 11.5 Å². The molecule has 1 fully saturated rings. The van der Waals surface area contributed by atoms with Crippen LogP contribution in [0.1, 0.15) is 35.7 Å². The molecule has 1 N–H and O–H groups in total. The van der Waals surface area contributed by atoms with Gasteiger partial charge in [0.2, 0.25) is 5.91 Å². The molecular formula is C23H26N2O5. The van der Waals surface area contributed by atoms with E-state index < -0.39 is 5.97 Å². The fourth-order valence-corrected chi connectivity index (χ4v) is 3.48. The first-order valence-electron chi connectivity index (χ1n) is 9.94. The number of nitrogens with one attached hydrogen (secondary N) is 1. The Balaban J connectivity index is 1.49. The molecule has 158 valence electrons. The van der Waals surface area contributed by atoms with E-state index in [1.165, 1.54) is 6.92 Å². The molecule has 1 aliphatic rings. The van der Waals surface area contributed by atoms with E-state index in [9.17, 15) is 14.4 Å². The highest BCUT2D eigenvalue weighted by atomic mass is 16.5. The van der Waals surface area contributed by atoms with Crippen LogP contribution in [-0.4, -0.2) is 48.9 Å². The third-order valence-electron chi connectivity index (χ3n) is 5.03. The van der Waals surface area contributed by atoms with E-state index in [-0.39, 0.29) is 17.9 Å². The molecule has 2 aromatic rings. The lowest BCUT2D eigenvalue weighted by atomic mass is 10.0. The minimum Gasteiger partial charge on any atom is -0.497 e. The molecule has 0 aromatic heterocycles. The van der Waals surface area contributed by atoms with Crippen molar-refractivity contribution in [3.05, 3.63) is 59.7 Å². The van der Waals surface area contributed by atoms with Gasteiger partial charge in [0.15, 0.2) is 0 Å². The number of carbonyl (C=O) groups is 3. The van der Waals surface area contributed by atoms with Crippen LogP contribution in [-0.2, 0) is 16.0 Å². The number of esters is 1. The number of methoxy groups -OCH3 is 1. The first kappa shape index (κ1) is 21.4. The van der Waals surface area contributed by atoms with Crippen molar-refractivity contribution in [1.29, 1.82) is 0 Å². The smallest absolute Gasteiger partial charge is 0.308 e. The normalized spacial score (nSPS) is 14.1. The fraction of sp³-hybridized carbons (Fsp3) is 0.348. The molecule has 0 bridgehead atoms. The fourth-order valence-electron chi connectivity index (χ4n) is 3.48. The standard InChI is InChI=1S/C23H26N2O5/c1-16(26)30-21-8-4-6-18(15-21)23(28)24-19-9-11-25(12-10-19)22(27)14-17-5-3-7-20(13-17)29-2/h3-8,13,15,19H,9-12,14H2,1-2H3,(H,24,28). The van der Waals surface area contributed by atoms with E-state index in [0.29, 0.717) is 43.7 Å². The molecule has 1 heterocycles. The van der Waals surface area contributed by atoms with Gasteiger partial charge in [-0.3, -0.25) is 14.4 Å². The Morgan fingerprint density at radius 2 is 1.73 bits per heavy atom. The summed E-state index contributed by atoms with van der Waals surface area (Å²) in [7, 11) is 1.60. The van der Waals surface area contributed by atoms with Crippen molar-refractivity contribution in [2.75, 3.05) is 20.2 Å². The van der Waals surface area contributed by atoms with Crippen LogP contribution in [0.3, 0.4) is 0 Å². The predicted molar refractivity (Wildman–Crippen MR) is 112 cm³/mol. The molecule has 3 rings (SSSR count). The van der Waals surface area contributed by atoms with Gasteiger partial charge in [0, 0.05) is 31.6 Å². The van der Waals surface area contributed by atoms with E-state index in [0.717, 1.165) is 11.3 Å². The zero-order valence-corrected chi connectivity index (χ0v) is 17.2. The van der Waals surface area contributed by atoms with Gasteiger partial charge in [-0.05, 0) is 48.7 Å². The second kappa shape index (κ2) is 9.91. The lowest BCUT2D eigenvalue weighted by Crippen LogP contribution is -2.47. The van der Waals surface area contributed by atoms with Crippen molar-refractivity contribution in [2.45, 2.75) is 32.2 Å². The number of benzene rings is 2. The number of ether oxygens (including phenoxy) is 2. The summed E-state index contributed by atoms with van der Waals surface area (Å²) in [6, 6.07) is 14.0. The van der Waals surface area contributed by atoms with E-state index in [2.05, 4.69) is 5.32 Å². The number of nitrogens with zero attached hydrogens (tertiary/aromatic N) is 1. The highest BCUT2D eigenvalue weighted by molar-refractivity contribution is 5.95. The third kappa shape index (κ3) is 5.83. The highest BCUT2D eigenvalue weighted by Crippen LogP contribution is 2.17. The maximum Gasteiger partial charge on any atom is 0.308 e. The second-order valence-corrected chi connectivity index (χ2v) is 7.28. The predicted octanol–water partition coefficient (Wildman–Crippen LogP) is 2.58. The maximum absolute atomic E-state index is 12.6. The Bertz CT molecular complexity index is 919. The average Bonchev–Trinajstić information content (AvgIpc) is 2.74. The number of carbonyl (C=O) groups excluding carboxylic acids is 3. The maximum atomic E-state index is 12.6. The van der Waals surface area contributed by atoms with Gasteiger partial charge in [0.05, 0.1) is 13.5 Å². The molecule has 7 heteroatoms. The van der Waals surface area contributed by atoms with Crippen molar-refractivity contribution in [2.24, 2.45) is 0 Å². The molecule has 0 atom stereocenters. The molecule has 1 saturated heterocycles. The number of piperidine rings is 1. The molecule has 0 radical (unpaired) electrons. The van der Waals surface area contributed by atoms with Gasteiger partial charge in [-0.15, -0.1) is 0 Å². The Kier molecular flexibility index (Phi) is 7.06. The first-order chi connectivity index (χ1) is 14.4. The third-order valence-corrected chi connectivity index (χ3v) is 5.03. The largest absolute Gasteiger partial charge is 0.497 e. The molecule has 30 heavy (non-hydrogen) atoms. The summed E-state index contributed by atoms with van der Waals surface area (Å²) >= 11 is 0. The summed E-state index contributed by atoms with van der Waals surface area (Å²) in [4.78, 5) is 38.0. The van der Waals surface area contributed by atoms with E-state index >= 15 is 0 Å². The second-order valence-electron chi connectivity index (χ2n) is 7.28. The Labute approximate surface area is 176 Å². The number of likely N-dealkylation sites (tertiary alicyclic amines) is 1. The molecule has 2 amide bonds. The van der Waals surface area contributed by atoms with Crippen LogP contribution in [0.15, 0.2) is 48.5 Å². The molecule has 2 aromatic carbocycles. The molecule has 0 aliphatic carbocycles. The monoisotopic (exact) mass is 410 g/mol. The SMILES string of the molecule is COc1cccc(CC(=O)N2CCC(NC(=O)c3cccc(OC(C)=O)c3)CC2)c1. The van der Waals surface area contributed by atoms with Crippen LogP contribution in [0.2, 0.25) is 0 Å². The number of hydrogen-bond acceptors (Lipinski definition) is 5. The quantitative estimate of drug-likeness (QED) is 0.585. The van der Waals surface area contributed by atoms with Gasteiger partial charge in [-0.2, -0.15) is 0 Å². The molecule has 0 saturated carbocycles. The van der Waals surface area contributed by atoms with E-state index in [4.69, 9.17) is 9.47 Å². The zero-order valence-electron chi connectivity index (χ0n) is 17.2. The number of rotatable bonds is 6. The molecule has 0 unspecified atom stereocenters. The van der Waals surface area contributed by atoms with Crippen molar-refractivity contribution in [3.8, 4) is 11.5 Å². The Morgan fingerprint density at radius 3 is 2.43 bits per heavy atom. The van der Waals surface area contributed by atoms with E-state index in [1.54, 1.807) is 31.4 Å². The summed E-state index contributed by atoms with van der Waals surface area (Å²) in [5, 5.41) is 3.01. The van der Waals surface area contributed by atoms with Gasteiger partial charge in [0.25, 0.3) is 5.91 Å².